The molecule has 0 aromatic heterocycles. The van der Waals surface area contributed by atoms with Crippen molar-refractivity contribution in [1.82, 2.24) is 0 Å². The fraction of sp³-hybridized carbons (Fsp3) is 0.471. The number of Topliss-reactive ketones (excluding diaryl/α,β-unsaturated/α-hetero) is 1. The van der Waals surface area contributed by atoms with Gasteiger partial charge in [-0.3, -0.25) is 47.9 Å². The van der Waals surface area contributed by atoms with Crippen LogP contribution in [0.4, 0.5) is 0 Å². The van der Waals surface area contributed by atoms with Gasteiger partial charge in [-0.1, -0.05) is 140 Å². The molecular formula is C85H119N3O35Pt3. The number of carboxylic acids is 12. The molecule has 0 saturated heterocycles. The van der Waals surface area contributed by atoms with Crippen LogP contribution in [0.5, 0.6) is 17.2 Å². The van der Waals surface area contributed by atoms with Gasteiger partial charge in [-0.2, -0.15) is 35.9 Å². The predicted molar refractivity (Wildman–Crippen MR) is 444 cm³/mol. The SMILES string of the molecule is C=C(C)C(=O)CCCCCC(=O)Oc1ccc(CCC(=O)O)cc1.C=C(C)C(=O)OCCCC(=O)Oc1ccc(CCC(=O)O)cc1.C=CC(=O)OCCCC(=O)Oc1ccc(CCC(=O)O)cc1.CC(=O)O.CC(=O)O.CC(=O)O.O=C(O)C(=O)O.O=C(O)C(=O)O.O=C(O)C(=O)O.[CH2-]C1CCCCC1[NH-].[CH2-]C1CCCCC1[NH-].[CH2-]C1CCCCC1[NH-].[Pt+2].[Pt+2].[Pt+2]. The molecule has 3 aliphatic rings. The van der Waals surface area contributed by atoms with E-state index in [1.54, 1.807) is 86.6 Å². The van der Waals surface area contributed by atoms with Gasteiger partial charge in [-0.15, -0.1) is 0 Å². The summed E-state index contributed by atoms with van der Waals surface area (Å²) in [5.41, 5.74) is 25.7. The van der Waals surface area contributed by atoms with Crippen LogP contribution < -0.4 is 14.2 Å². The van der Waals surface area contributed by atoms with Gasteiger partial charge in [0.2, 0.25) is 0 Å². The average Bonchev–Trinajstić information content (AvgIpc) is 0.910. The topological polar surface area (TPSA) is 668 Å². The minimum absolute atomic E-state index is 0. The van der Waals surface area contributed by atoms with Crippen molar-refractivity contribution in [2.75, 3.05) is 13.2 Å². The number of esters is 5. The van der Waals surface area contributed by atoms with Crippen molar-refractivity contribution in [2.24, 2.45) is 17.8 Å². The second-order valence-electron chi connectivity index (χ2n) is 26.6. The largest absolute Gasteiger partial charge is 2.00 e. The monoisotopic (exact) mass is 2330 g/mol. The third-order valence-electron chi connectivity index (χ3n) is 15.4. The van der Waals surface area contributed by atoms with Crippen LogP contribution in [0, 0.1) is 38.5 Å². The van der Waals surface area contributed by atoms with E-state index in [0.717, 1.165) is 75.6 Å². The number of ether oxygens (including phenoxy) is 5. The second-order valence-corrected chi connectivity index (χ2v) is 26.6. The smallest absolute Gasteiger partial charge is 0.677 e. The number of aryl methyl sites for hydroxylation is 3. The average molecular weight is 2330 g/mol. The van der Waals surface area contributed by atoms with Crippen molar-refractivity contribution in [3.63, 3.8) is 0 Å². The van der Waals surface area contributed by atoms with Crippen LogP contribution in [0.25, 0.3) is 17.2 Å². The molecule has 3 saturated carbocycles. The molecule has 714 valence electrons. The molecule has 41 heteroatoms. The normalized spacial score (nSPS) is 14.7. The number of nitrogens with one attached hydrogen (secondary N) is 3. The number of hydrogen-bond donors (Lipinski definition) is 12. The molecule has 0 aliphatic heterocycles. The molecule has 15 N–H and O–H groups in total. The molecule has 6 rings (SSSR count). The Morgan fingerprint density at radius 3 is 0.778 bits per heavy atom. The molecule has 0 spiro atoms. The Balaban J connectivity index is -0.000000179. The number of unbranched alkanes of at least 4 members (excludes halogenated alkanes) is 2. The van der Waals surface area contributed by atoms with E-state index >= 15 is 0 Å². The van der Waals surface area contributed by atoms with Gasteiger partial charge in [-0.25, -0.2) is 38.4 Å². The van der Waals surface area contributed by atoms with Gasteiger partial charge in [0.05, 0.1) is 13.2 Å². The van der Waals surface area contributed by atoms with E-state index in [9.17, 15) is 43.2 Å². The van der Waals surface area contributed by atoms with Gasteiger partial charge in [0.25, 0.3) is 17.9 Å². The summed E-state index contributed by atoms with van der Waals surface area (Å²) in [5.74, 6) is -15.6. The summed E-state index contributed by atoms with van der Waals surface area (Å²) in [5, 5.41) is 92.4. The minimum Gasteiger partial charge on any atom is -0.677 e. The molecule has 126 heavy (non-hydrogen) atoms. The van der Waals surface area contributed by atoms with Crippen LogP contribution in [0.3, 0.4) is 0 Å². The summed E-state index contributed by atoms with van der Waals surface area (Å²) in [6, 6.07) is 20.6. The molecule has 3 aromatic carbocycles. The zero-order valence-corrected chi connectivity index (χ0v) is 77.7. The van der Waals surface area contributed by atoms with Crippen molar-refractivity contribution >= 4 is 107 Å². The first-order valence-corrected chi connectivity index (χ1v) is 38.3. The molecule has 38 nitrogen and oxygen atoms in total. The third-order valence-corrected chi connectivity index (χ3v) is 15.4. The Kier molecular flexibility index (Phi) is 89.0. The van der Waals surface area contributed by atoms with Gasteiger partial charge in [-0.05, 0) is 117 Å². The fourth-order valence-electron chi connectivity index (χ4n) is 8.99. The predicted octanol–water partition coefficient (Wildman–Crippen LogP) is 13.4. The molecule has 3 aromatic rings. The zero-order chi connectivity index (χ0) is 95.7. The Morgan fingerprint density at radius 1 is 0.349 bits per heavy atom. The van der Waals surface area contributed by atoms with Crippen molar-refractivity contribution in [3.05, 3.63) is 164 Å². The van der Waals surface area contributed by atoms with E-state index in [-0.39, 0.29) is 138 Å². The van der Waals surface area contributed by atoms with Crippen molar-refractivity contribution < 1.29 is 234 Å². The molecular weight excluding hydrogens is 2210 g/mol. The summed E-state index contributed by atoms with van der Waals surface area (Å²) in [6.45, 7) is 28.8. The first kappa shape index (κ1) is 133. The zero-order valence-electron chi connectivity index (χ0n) is 70.9. The summed E-state index contributed by atoms with van der Waals surface area (Å²) >= 11 is 0. The Bertz CT molecular complexity index is 3550. The van der Waals surface area contributed by atoms with Crippen LogP contribution in [0.2, 0.25) is 0 Å². The molecule has 0 radical (unpaired) electrons. The number of benzene rings is 3. The first-order valence-electron chi connectivity index (χ1n) is 38.3. The molecule has 6 unspecified atom stereocenters. The number of carbonyl (C=O) groups is 18. The number of hydrogen-bond acceptors (Lipinski definition) is 23. The van der Waals surface area contributed by atoms with E-state index in [1.165, 1.54) is 57.8 Å². The van der Waals surface area contributed by atoms with Crippen molar-refractivity contribution in [2.45, 2.75) is 226 Å². The van der Waals surface area contributed by atoms with E-state index in [1.807, 2.05) is 0 Å². The van der Waals surface area contributed by atoms with Gasteiger partial charge >= 0.3 is 147 Å². The Labute approximate surface area is 775 Å². The molecule has 3 fully saturated rings. The summed E-state index contributed by atoms with van der Waals surface area (Å²) in [4.78, 5) is 181. The van der Waals surface area contributed by atoms with Crippen molar-refractivity contribution in [3.8, 4) is 17.2 Å². The van der Waals surface area contributed by atoms with E-state index < -0.39 is 95.5 Å². The summed E-state index contributed by atoms with van der Waals surface area (Å²) < 4.78 is 25.1. The van der Waals surface area contributed by atoms with Gasteiger partial charge in [0, 0.05) is 77.4 Å². The van der Waals surface area contributed by atoms with Crippen LogP contribution in [-0.2, 0) is 178 Å². The van der Waals surface area contributed by atoms with Crippen molar-refractivity contribution in [1.29, 1.82) is 0 Å². The number of carboxylic acid groups (broad SMARTS) is 12. The summed E-state index contributed by atoms with van der Waals surface area (Å²) in [7, 11) is 0. The van der Waals surface area contributed by atoms with Gasteiger partial charge in [0.1, 0.15) is 17.2 Å². The third kappa shape index (κ3) is 94.2. The number of rotatable bonds is 29. The maximum absolute atomic E-state index is 11.7. The standard InChI is InChI=1S/C19H24O5.C17H20O6.C16H18O6.3C7H13N.3C2H2O4.3C2H4O2.3Pt/c1-14(2)17(20)6-4-3-5-7-19(23)24-16-11-8-15(9-12-16)10-13-18(21)22;1-12(2)17(21)22-11-3-4-16(20)23-14-8-5-13(6-9-14)7-10-15(18)19;1-2-15(19)21-11-3-4-16(20)22-13-8-5-12(6-9-13)7-10-14(17)18;3*1-6-4-2-3-5-7(6)8;3*3-1(4)2(5)6;3*1-2(3)4;;;/h8-9,11-12H,1,3-7,10,13H2,2H3,(H,21,22);5-6,8-9H,1,3-4,7,10-11H2,2H3,(H,18,19);2,5-6,8-9H,1,3-4,7,10-11H2,(H,17,18);3*6-8H,1-5H2;3*(H,3,4)(H,5,6);3*1H3,(H,3,4);;;/q;;;3*-2;;;;;;;3*+2. The van der Waals surface area contributed by atoms with Gasteiger partial charge < -0.3 is 123 Å². The van der Waals surface area contributed by atoms with E-state index in [4.69, 9.17) is 145 Å². The molecule has 0 bridgehead atoms. The van der Waals surface area contributed by atoms with Gasteiger partial charge in [0.15, 0.2) is 5.78 Å². The Hall–Kier alpha value is -10.5. The van der Waals surface area contributed by atoms with Crippen LogP contribution in [-0.4, -0.2) is 200 Å². The summed E-state index contributed by atoms with van der Waals surface area (Å²) in [6.07, 6.45) is 21.0. The van der Waals surface area contributed by atoms with E-state index in [0.29, 0.717) is 97.5 Å². The fourth-order valence-corrected chi connectivity index (χ4v) is 8.99. The molecule has 6 atom stereocenters. The molecule has 0 heterocycles. The first-order chi connectivity index (χ1) is 57.3. The number of allylic oxidation sites excluding steroid dienone is 1. The quantitative estimate of drug-likeness (QED) is 0.00767. The van der Waals surface area contributed by atoms with Crippen LogP contribution >= 0.6 is 0 Å². The minimum atomic E-state index is -1.82. The number of carbonyl (C=O) groups excluding carboxylic acids is 6. The maximum Gasteiger partial charge on any atom is 2.00 e. The number of ketones is 1. The van der Waals surface area contributed by atoms with Crippen LogP contribution in [0.15, 0.2) is 110 Å². The molecule has 0 amide bonds. The molecule has 3 aliphatic carbocycles. The maximum atomic E-state index is 11.7. The number of aliphatic carboxylic acids is 12. The second kappa shape index (κ2) is 84.0. The van der Waals surface area contributed by atoms with E-state index in [2.05, 4.69) is 40.5 Å². The van der Waals surface area contributed by atoms with Crippen LogP contribution in [0.1, 0.15) is 205 Å². The Morgan fingerprint density at radius 2 is 0.579 bits per heavy atom.